The first-order chi connectivity index (χ1) is 10.5. The first kappa shape index (κ1) is 20.9. The van der Waals surface area contributed by atoms with Crippen LogP contribution in [0.2, 0.25) is 0 Å². The number of benzene rings is 1. The molecule has 1 unspecified atom stereocenters. The number of amides is 1. The van der Waals surface area contributed by atoms with Crippen molar-refractivity contribution in [1.82, 2.24) is 4.90 Å². The fourth-order valence-corrected chi connectivity index (χ4v) is 2.62. The molecule has 0 saturated carbocycles. The van der Waals surface area contributed by atoms with E-state index in [4.69, 9.17) is 16.3 Å². The van der Waals surface area contributed by atoms with Gasteiger partial charge in [0.2, 0.25) is 5.91 Å². The van der Waals surface area contributed by atoms with Gasteiger partial charge in [0.1, 0.15) is 17.1 Å². The van der Waals surface area contributed by atoms with Gasteiger partial charge in [-0.15, -0.1) is 29.1 Å². The molecule has 1 aliphatic rings. The third kappa shape index (κ3) is 4.68. The van der Waals surface area contributed by atoms with Gasteiger partial charge in [0, 0.05) is 39.3 Å². The average Bonchev–Trinajstić information content (AvgIpc) is 2.48. The van der Waals surface area contributed by atoms with Gasteiger partial charge in [-0.2, -0.15) is 0 Å². The van der Waals surface area contributed by atoms with Crippen molar-refractivity contribution in [2.24, 2.45) is 0 Å². The number of carbonyl (C=O) groups excluding carboxylic acids is 1. The number of alkyl halides is 1. The normalized spacial score (nSPS) is 17.6. The van der Waals surface area contributed by atoms with E-state index in [0.29, 0.717) is 5.94 Å². The van der Waals surface area contributed by atoms with Gasteiger partial charge in [-0.05, 0) is 25.3 Å². The second-order valence-electron chi connectivity index (χ2n) is 4.59. The fourth-order valence-electron chi connectivity index (χ4n) is 2.17. The summed E-state index contributed by atoms with van der Waals surface area (Å²) in [6, 6.07) is 2.21. The third-order valence-corrected chi connectivity index (χ3v) is 3.86. The van der Waals surface area contributed by atoms with Crippen LogP contribution < -0.4 is 4.74 Å². The molecule has 1 radical (unpaired) electrons. The molecule has 3 nitrogen and oxygen atoms in total. The first-order valence-corrected chi connectivity index (χ1v) is 8.50. The van der Waals surface area contributed by atoms with Gasteiger partial charge < -0.3 is 9.64 Å². The predicted octanol–water partition coefficient (Wildman–Crippen LogP) is 3.67. The molecule has 123 valence electrons. The number of allylic oxidation sites excluding steroid dienone is 1. The number of ether oxygens (including phenoxy) is 1. The summed E-state index contributed by atoms with van der Waals surface area (Å²) in [5.41, 5.74) is -0.189. The Labute approximate surface area is 168 Å². The largest absolute Gasteiger partial charge is 0.483 e. The van der Waals surface area contributed by atoms with Gasteiger partial charge >= 0.3 is 0 Å². The minimum absolute atomic E-state index is 0. The quantitative estimate of drug-likeness (QED) is 0.402. The van der Waals surface area contributed by atoms with Crippen LogP contribution in [-0.4, -0.2) is 34.9 Å². The number of thioether (sulfide) groups is 1. The number of rotatable bonds is 5. The molecule has 23 heavy (non-hydrogen) atoms. The minimum Gasteiger partial charge on any atom is -0.483 e. The molecule has 0 saturated heterocycles. The Hall–Kier alpha value is -0.166. The van der Waals surface area contributed by atoms with Crippen molar-refractivity contribution < 1.29 is 51.0 Å². The van der Waals surface area contributed by atoms with Crippen LogP contribution in [0.5, 0.6) is 5.75 Å². The zero-order valence-corrected chi connectivity index (χ0v) is 17.1. The Kier molecular flexibility index (Phi) is 8.49. The monoisotopic (exact) mass is 435 g/mol. The third-order valence-electron chi connectivity index (χ3n) is 3.16. The molecule has 0 spiro atoms. The molecule has 0 bridgehead atoms. The maximum atomic E-state index is 14.3. The van der Waals surface area contributed by atoms with E-state index in [1.807, 2.05) is 6.26 Å². The molecule has 1 aromatic rings. The summed E-state index contributed by atoms with van der Waals surface area (Å²) in [7, 11) is 0. The van der Waals surface area contributed by atoms with Crippen molar-refractivity contribution in [2.75, 3.05) is 18.7 Å². The summed E-state index contributed by atoms with van der Waals surface area (Å²) in [6.07, 6.45) is 4.76. The Morgan fingerprint density at radius 1 is 1.43 bits per heavy atom. The van der Waals surface area contributed by atoms with E-state index in [9.17, 15) is 13.6 Å². The van der Waals surface area contributed by atoms with Crippen LogP contribution in [0.25, 0.3) is 5.70 Å². The molecule has 1 amide bonds. The van der Waals surface area contributed by atoms with Gasteiger partial charge in [0.25, 0.3) is 0 Å². The molecule has 0 aromatic heterocycles. The van der Waals surface area contributed by atoms with E-state index < -0.39 is 17.0 Å². The average molecular weight is 436 g/mol. The standard InChI is InChI=1S/C15H15ClF2NO2S.Y/c1-3-19-13(5-4-10(16)15(19)20)14-11(17)6-9(7-12(14)18)21-8-22-2;/h6-7,10H,3-4,8H2,1-2H3;/q-1;. The molecule has 0 aliphatic carbocycles. The van der Waals surface area contributed by atoms with Gasteiger partial charge in [-0.25, -0.2) is 14.9 Å². The number of carbonyl (C=O) groups is 1. The van der Waals surface area contributed by atoms with Crippen molar-refractivity contribution in [2.45, 2.75) is 18.7 Å². The minimum atomic E-state index is -0.794. The van der Waals surface area contributed by atoms with E-state index >= 15 is 0 Å². The number of halogens is 3. The molecule has 1 aromatic carbocycles. The van der Waals surface area contributed by atoms with Crippen molar-refractivity contribution in [1.29, 1.82) is 0 Å². The Morgan fingerprint density at radius 3 is 2.57 bits per heavy atom. The van der Waals surface area contributed by atoms with E-state index in [1.54, 1.807) is 6.92 Å². The molecule has 2 rings (SSSR count). The second kappa shape index (κ2) is 9.35. The van der Waals surface area contributed by atoms with E-state index in [0.717, 1.165) is 12.1 Å². The van der Waals surface area contributed by atoms with Gasteiger partial charge in [-0.1, -0.05) is 12.0 Å². The van der Waals surface area contributed by atoms with E-state index in [2.05, 4.69) is 6.08 Å². The molecular formula is C15H15ClF2NO2SY-. The molecular weight excluding hydrogens is 421 g/mol. The summed E-state index contributed by atoms with van der Waals surface area (Å²) >= 11 is 7.27. The van der Waals surface area contributed by atoms with E-state index in [-0.39, 0.29) is 68.6 Å². The van der Waals surface area contributed by atoms with Gasteiger partial charge in [-0.3, -0.25) is 4.79 Å². The summed E-state index contributed by atoms with van der Waals surface area (Å²) < 4.78 is 33.8. The Balaban J connectivity index is 0.00000264. The molecule has 0 fully saturated rings. The Bertz CT molecular complexity index is 592. The maximum Gasteiger partial charge on any atom is 0.241 e. The number of hydrogen-bond donors (Lipinski definition) is 0. The van der Waals surface area contributed by atoms with Crippen molar-refractivity contribution in [3.63, 3.8) is 0 Å². The van der Waals surface area contributed by atoms with Crippen LogP contribution in [0.15, 0.2) is 12.1 Å². The second-order valence-corrected chi connectivity index (χ2v) is 5.93. The Morgan fingerprint density at radius 2 is 2.04 bits per heavy atom. The smallest absolute Gasteiger partial charge is 0.241 e. The summed E-state index contributed by atoms with van der Waals surface area (Å²) in [5, 5.41) is -0.751. The molecule has 1 atom stereocenters. The predicted molar refractivity (Wildman–Crippen MR) is 83.7 cm³/mol. The topological polar surface area (TPSA) is 29.5 Å². The van der Waals surface area contributed by atoms with Crippen LogP contribution in [0.3, 0.4) is 0 Å². The molecule has 8 heteroatoms. The fraction of sp³-hybridized carbons (Fsp3) is 0.400. The summed E-state index contributed by atoms with van der Waals surface area (Å²) in [4.78, 5) is 13.3. The van der Waals surface area contributed by atoms with Crippen molar-refractivity contribution in [3.8, 4) is 5.75 Å². The number of hydrogen-bond acceptors (Lipinski definition) is 3. The van der Waals surface area contributed by atoms with Crippen LogP contribution in [0.1, 0.15) is 18.9 Å². The zero-order valence-electron chi connectivity index (χ0n) is 12.7. The van der Waals surface area contributed by atoms with Crippen molar-refractivity contribution in [3.05, 3.63) is 35.4 Å². The van der Waals surface area contributed by atoms with Crippen molar-refractivity contribution >= 4 is 35.0 Å². The van der Waals surface area contributed by atoms with Crippen LogP contribution >= 0.6 is 23.4 Å². The first-order valence-electron chi connectivity index (χ1n) is 6.67. The summed E-state index contributed by atoms with van der Waals surface area (Å²) in [6.45, 7) is 1.97. The van der Waals surface area contributed by atoms with Crippen LogP contribution in [0, 0.1) is 17.7 Å². The zero-order chi connectivity index (χ0) is 16.3. The van der Waals surface area contributed by atoms with Crippen LogP contribution in [-0.2, 0) is 37.5 Å². The maximum absolute atomic E-state index is 14.3. The summed E-state index contributed by atoms with van der Waals surface area (Å²) in [5.74, 6) is -1.56. The SMILES string of the molecule is CCN1C(=O)C(Cl)C[C-]=C1c1c(F)cc(OCSC)cc1F.[Y]. The molecule has 0 N–H and O–H groups in total. The van der Waals surface area contributed by atoms with Gasteiger partial charge in [0.15, 0.2) is 0 Å². The number of nitrogens with zero attached hydrogens (tertiary/aromatic N) is 1. The van der Waals surface area contributed by atoms with Gasteiger partial charge in [0.05, 0.1) is 11.6 Å². The van der Waals surface area contributed by atoms with Crippen LogP contribution in [0.4, 0.5) is 8.78 Å². The molecule has 1 heterocycles. The molecule has 1 aliphatic heterocycles. The van der Waals surface area contributed by atoms with E-state index in [1.165, 1.54) is 16.7 Å².